The van der Waals surface area contributed by atoms with E-state index in [0.717, 1.165) is 18.5 Å². The van der Waals surface area contributed by atoms with Crippen LogP contribution in [0.25, 0.3) is 0 Å². The van der Waals surface area contributed by atoms with Gasteiger partial charge in [-0.1, -0.05) is 11.6 Å². The first kappa shape index (κ1) is 9.90. The van der Waals surface area contributed by atoms with E-state index >= 15 is 0 Å². The second kappa shape index (κ2) is 3.35. The summed E-state index contributed by atoms with van der Waals surface area (Å²) in [5.41, 5.74) is 1.35. The van der Waals surface area contributed by atoms with Crippen LogP contribution in [0.4, 0.5) is 15.8 Å². The van der Waals surface area contributed by atoms with Gasteiger partial charge in [-0.05, 0) is 18.9 Å². The Hall–Kier alpha value is -1.29. The molecular formula is C11H10ClFN2O. The molecular weight excluding hydrogens is 231 g/mol. The van der Waals surface area contributed by atoms with Gasteiger partial charge in [0.15, 0.2) is 0 Å². The Balaban J connectivity index is 2.09. The van der Waals surface area contributed by atoms with Crippen LogP contribution < -0.4 is 10.2 Å². The molecule has 0 aromatic heterocycles. The normalized spacial score (nSPS) is 19.4. The average Bonchev–Trinajstić information content (AvgIpc) is 3.03. The van der Waals surface area contributed by atoms with Crippen molar-refractivity contribution < 1.29 is 9.18 Å². The van der Waals surface area contributed by atoms with E-state index < -0.39 is 5.82 Å². The highest BCUT2D eigenvalue weighted by Gasteiger charge is 2.34. The third-order valence-corrected chi connectivity index (χ3v) is 3.21. The molecule has 1 saturated carbocycles. The standard InChI is InChI=1S/C11H10ClFN2O/c12-7-3-10-9(4-8(7)13)14-11(16)5-15(10)6-1-2-6/h3-4,6H,1-2,5H2,(H,14,16). The van der Waals surface area contributed by atoms with Gasteiger partial charge in [-0.3, -0.25) is 4.79 Å². The fourth-order valence-corrected chi connectivity index (χ4v) is 2.17. The summed E-state index contributed by atoms with van der Waals surface area (Å²) in [7, 11) is 0. The molecule has 2 aliphatic rings. The molecule has 1 fully saturated rings. The zero-order chi connectivity index (χ0) is 11.3. The number of nitrogens with zero attached hydrogens (tertiary/aromatic N) is 1. The molecule has 3 rings (SSSR count). The molecule has 5 heteroatoms. The molecule has 1 aliphatic heterocycles. The number of carbonyl (C=O) groups excluding carboxylic acids is 1. The summed E-state index contributed by atoms with van der Waals surface area (Å²) in [6, 6.07) is 3.28. The summed E-state index contributed by atoms with van der Waals surface area (Å²) in [6.07, 6.45) is 2.17. The van der Waals surface area contributed by atoms with Crippen LogP contribution in [0.1, 0.15) is 12.8 Å². The maximum atomic E-state index is 13.3. The number of anilines is 2. The third kappa shape index (κ3) is 1.53. The van der Waals surface area contributed by atoms with E-state index in [0.29, 0.717) is 18.3 Å². The Morgan fingerprint density at radius 3 is 2.88 bits per heavy atom. The largest absolute Gasteiger partial charge is 0.357 e. The molecule has 0 saturated heterocycles. The van der Waals surface area contributed by atoms with Crippen LogP contribution in [0.3, 0.4) is 0 Å². The van der Waals surface area contributed by atoms with Crippen molar-refractivity contribution in [3.05, 3.63) is 23.0 Å². The number of hydrogen-bond acceptors (Lipinski definition) is 2. The molecule has 0 spiro atoms. The minimum absolute atomic E-state index is 0.0962. The van der Waals surface area contributed by atoms with Crippen molar-refractivity contribution in [3.63, 3.8) is 0 Å². The summed E-state index contributed by atoms with van der Waals surface area (Å²) in [5.74, 6) is -0.598. The minimum atomic E-state index is -0.502. The SMILES string of the molecule is O=C1CN(C2CC2)c2cc(Cl)c(F)cc2N1. The van der Waals surface area contributed by atoms with E-state index in [-0.39, 0.29) is 10.9 Å². The van der Waals surface area contributed by atoms with Crippen LogP contribution in [-0.4, -0.2) is 18.5 Å². The van der Waals surface area contributed by atoms with E-state index in [2.05, 4.69) is 5.32 Å². The summed E-state index contributed by atoms with van der Waals surface area (Å²) in [5, 5.41) is 2.76. The lowest BCUT2D eigenvalue weighted by Gasteiger charge is -2.31. The summed E-state index contributed by atoms with van der Waals surface area (Å²) in [4.78, 5) is 13.5. The molecule has 0 radical (unpaired) electrons. The number of nitrogens with one attached hydrogen (secondary N) is 1. The fourth-order valence-electron chi connectivity index (χ4n) is 2.02. The van der Waals surface area contributed by atoms with Crippen molar-refractivity contribution in [2.75, 3.05) is 16.8 Å². The molecule has 1 amide bonds. The van der Waals surface area contributed by atoms with E-state index in [1.165, 1.54) is 6.07 Å². The zero-order valence-electron chi connectivity index (χ0n) is 8.46. The maximum Gasteiger partial charge on any atom is 0.243 e. The van der Waals surface area contributed by atoms with Crippen LogP contribution in [-0.2, 0) is 4.79 Å². The molecule has 3 nitrogen and oxygen atoms in total. The Labute approximate surface area is 97.2 Å². The Bertz CT molecular complexity index is 473. The number of fused-ring (bicyclic) bond motifs is 1. The van der Waals surface area contributed by atoms with Crippen molar-refractivity contribution in [3.8, 4) is 0 Å². The van der Waals surface area contributed by atoms with Crippen LogP contribution in [0.2, 0.25) is 5.02 Å². The molecule has 84 valence electrons. The zero-order valence-corrected chi connectivity index (χ0v) is 9.22. The molecule has 1 aliphatic carbocycles. The van der Waals surface area contributed by atoms with Gasteiger partial charge in [0.05, 0.1) is 22.9 Å². The Morgan fingerprint density at radius 2 is 2.19 bits per heavy atom. The summed E-state index contributed by atoms with van der Waals surface area (Å²) in [6.45, 7) is 0.333. The highest BCUT2D eigenvalue weighted by atomic mass is 35.5. The van der Waals surface area contributed by atoms with Gasteiger partial charge in [-0.25, -0.2) is 4.39 Å². The van der Waals surface area contributed by atoms with Gasteiger partial charge in [0.25, 0.3) is 0 Å². The molecule has 1 aromatic carbocycles. The van der Waals surface area contributed by atoms with Crippen molar-refractivity contribution in [1.82, 2.24) is 0 Å². The monoisotopic (exact) mass is 240 g/mol. The molecule has 0 unspecified atom stereocenters. The molecule has 0 bridgehead atoms. The molecule has 1 heterocycles. The van der Waals surface area contributed by atoms with Gasteiger partial charge < -0.3 is 10.2 Å². The molecule has 1 N–H and O–H groups in total. The first-order chi connectivity index (χ1) is 7.65. The van der Waals surface area contributed by atoms with Gasteiger partial charge in [0.2, 0.25) is 5.91 Å². The quantitative estimate of drug-likeness (QED) is 0.818. The van der Waals surface area contributed by atoms with E-state index in [1.54, 1.807) is 6.07 Å². The van der Waals surface area contributed by atoms with Crippen molar-refractivity contribution in [2.24, 2.45) is 0 Å². The van der Waals surface area contributed by atoms with Crippen LogP contribution in [0, 0.1) is 5.82 Å². The van der Waals surface area contributed by atoms with Crippen molar-refractivity contribution >= 4 is 28.9 Å². The fraction of sp³-hybridized carbons (Fsp3) is 0.364. The predicted molar refractivity (Wildman–Crippen MR) is 60.4 cm³/mol. The van der Waals surface area contributed by atoms with Crippen LogP contribution >= 0.6 is 11.6 Å². The second-order valence-corrected chi connectivity index (χ2v) is 4.60. The van der Waals surface area contributed by atoms with E-state index in [9.17, 15) is 9.18 Å². The number of carbonyl (C=O) groups is 1. The first-order valence-electron chi connectivity index (χ1n) is 5.20. The lowest BCUT2D eigenvalue weighted by Crippen LogP contribution is -2.39. The number of hydrogen-bond donors (Lipinski definition) is 1. The number of rotatable bonds is 1. The van der Waals surface area contributed by atoms with Gasteiger partial charge in [-0.15, -0.1) is 0 Å². The van der Waals surface area contributed by atoms with Gasteiger partial charge in [0, 0.05) is 12.1 Å². The van der Waals surface area contributed by atoms with Crippen molar-refractivity contribution in [2.45, 2.75) is 18.9 Å². The third-order valence-electron chi connectivity index (χ3n) is 2.92. The Morgan fingerprint density at radius 1 is 1.44 bits per heavy atom. The lowest BCUT2D eigenvalue weighted by molar-refractivity contribution is -0.115. The minimum Gasteiger partial charge on any atom is -0.357 e. The molecule has 16 heavy (non-hydrogen) atoms. The highest BCUT2D eigenvalue weighted by molar-refractivity contribution is 6.31. The Kier molecular flexibility index (Phi) is 2.07. The average molecular weight is 241 g/mol. The first-order valence-corrected chi connectivity index (χ1v) is 5.58. The molecule has 0 atom stereocenters. The van der Waals surface area contributed by atoms with Crippen LogP contribution in [0.5, 0.6) is 0 Å². The predicted octanol–water partition coefficient (Wildman–Crippen LogP) is 2.40. The lowest BCUT2D eigenvalue weighted by atomic mass is 10.2. The van der Waals surface area contributed by atoms with Gasteiger partial charge >= 0.3 is 0 Å². The number of halogens is 2. The maximum absolute atomic E-state index is 13.3. The van der Waals surface area contributed by atoms with E-state index in [1.807, 2.05) is 4.90 Å². The van der Waals surface area contributed by atoms with Gasteiger partial charge in [0.1, 0.15) is 5.82 Å². The number of amides is 1. The highest BCUT2D eigenvalue weighted by Crippen LogP contribution is 2.40. The second-order valence-electron chi connectivity index (χ2n) is 4.19. The topological polar surface area (TPSA) is 32.3 Å². The molecule has 1 aromatic rings. The van der Waals surface area contributed by atoms with Gasteiger partial charge in [-0.2, -0.15) is 0 Å². The summed E-state index contributed by atoms with van der Waals surface area (Å²) < 4.78 is 13.3. The van der Waals surface area contributed by atoms with Crippen molar-refractivity contribution in [1.29, 1.82) is 0 Å². The number of benzene rings is 1. The van der Waals surface area contributed by atoms with Crippen LogP contribution in [0.15, 0.2) is 12.1 Å². The summed E-state index contributed by atoms with van der Waals surface area (Å²) >= 11 is 5.76. The van der Waals surface area contributed by atoms with E-state index in [4.69, 9.17) is 11.6 Å². The smallest absolute Gasteiger partial charge is 0.243 e.